The van der Waals surface area contributed by atoms with Crippen molar-refractivity contribution in [1.82, 2.24) is 25.3 Å². The minimum absolute atomic E-state index is 0.0296. The Balaban J connectivity index is 1.53. The van der Waals surface area contributed by atoms with Crippen LogP contribution < -0.4 is 10.6 Å². The van der Waals surface area contributed by atoms with E-state index in [0.29, 0.717) is 6.54 Å². The van der Waals surface area contributed by atoms with Gasteiger partial charge in [0.25, 0.3) is 0 Å². The molecular formula is C16H25N5O2. The van der Waals surface area contributed by atoms with Crippen molar-refractivity contribution in [2.75, 3.05) is 32.7 Å². The number of aromatic nitrogens is 2. The van der Waals surface area contributed by atoms with Gasteiger partial charge in [-0.25, -0.2) is 0 Å². The highest BCUT2D eigenvalue weighted by atomic mass is 16.2. The van der Waals surface area contributed by atoms with Crippen LogP contribution in [0, 0.1) is 5.92 Å². The molecule has 2 fully saturated rings. The molecule has 7 nitrogen and oxygen atoms in total. The number of nitrogens with zero attached hydrogens (tertiary/aromatic N) is 3. The highest BCUT2D eigenvalue weighted by Crippen LogP contribution is 2.27. The van der Waals surface area contributed by atoms with Crippen LogP contribution in [0.15, 0.2) is 12.4 Å². The maximum atomic E-state index is 12.5. The zero-order chi connectivity index (χ0) is 16.2. The van der Waals surface area contributed by atoms with Gasteiger partial charge in [-0.1, -0.05) is 0 Å². The Bertz CT molecular complexity index is 565. The first kappa shape index (κ1) is 16.0. The molecule has 126 valence electrons. The number of hydrogen-bond donors (Lipinski definition) is 2. The Morgan fingerprint density at radius 2 is 2.09 bits per heavy atom. The van der Waals surface area contributed by atoms with E-state index < -0.39 is 0 Å². The van der Waals surface area contributed by atoms with Crippen LogP contribution in [0.5, 0.6) is 0 Å². The topological polar surface area (TPSA) is 79.3 Å². The second-order valence-corrected chi connectivity index (χ2v) is 6.48. The summed E-state index contributed by atoms with van der Waals surface area (Å²) in [7, 11) is 1.87. The van der Waals surface area contributed by atoms with Gasteiger partial charge in [0.05, 0.1) is 18.7 Å². The van der Waals surface area contributed by atoms with Crippen LogP contribution in [0.25, 0.3) is 0 Å². The summed E-state index contributed by atoms with van der Waals surface area (Å²) in [6.07, 6.45) is 7.09. The molecule has 0 bridgehead atoms. The fourth-order valence-corrected chi connectivity index (χ4v) is 3.48. The highest BCUT2D eigenvalue weighted by Gasteiger charge is 2.34. The first-order valence-electron chi connectivity index (χ1n) is 8.40. The molecule has 2 atom stereocenters. The van der Waals surface area contributed by atoms with Gasteiger partial charge in [-0.05, 0) is 24.8 Å². The molecule has 0 saturated carbocycles. The van der Waals surface area contributed by atoms with Crippen molar-refractivity contribution in [1.29, 1.82) is 0 Å². The minimum atomic E-state index is -0.145. The minimum Gasteiger partial charge on any atom is -0.347 e. The Hall–Kier alpha value is -1.89. The maximum Gasteiger partial charge on any atom is 0.241 e. The van der Waals surface area contributed by atoms with Gasteiger partial charge < -0.3 is 15.5 Å². The molecule has 0 radical (unpaired) electrons. The van der Waals surface area contributed by atoms with E-state index in [-0.39, 0.29) is 30.2 Å². The smallest absolute Gasteiger partial charge is 0.241 e. The number of aryl methyl sites for hydroxylation is 1. The molecule has 0 aromatic carbocycles. The first-order chi connectivity index (χ1) is 11.1. The number of piperidine rings is 1. The summed E-state index contributed by atoms with van der Waals surface area (Å²) in [5.74, 6) is -0.0432. The first-order valence-corrected chi connectivity index (χ1v) is 8.40. The predicted octanol–water partition coefficient (Wildman–Crippen LogP) is -0.148. The molecule has 23 heavy (non-hydrogen) atoms. The second-order valence-electron chi connectivity index (χ2n) is 6.48. The number of nitrogens with one attached hydrogen (secondary N) is 2. The third-order valence-corrected chi connectivity index (χ3v) is 4.83. The molecule has 2 amide bonds. The number of likely N-dealkylation sites (tertiary alicyclic amines) is 1. The van der Waals surface area contributed by atoms with Crippen molar-refractivity contribution >= 4 is 11.8 Å². The van der Waals surface area contributed by atoms with Gasteiger partial charge in [-0.3, -0.25) is 14.3 Å². The number of carbonyl (C=O) groups excluding carboxylic acids is 2. The summed E-state index contributed by atoms with van der Waals surface area (Å²) in [5.41, 5.74) is 1.07. The van der Waals surface area contributed by atoms with Crippen molar-refractivity contribution in [3.8, 4) is 0 Å². The molecule has 2 aliphatic rings. The lowest BCUT2D eigenvalue weighted by molar-refractivity contribution is -0.134. The summed E-state index contributed by atoms with van der Waals surface area (Å²) in [4.78, 5) is 26.5. The van der Waals surface area contributed by atoms with Gasteiger partial charge in [-0.15, -0.1) is 0 Å². The number of amides is 2. The van der Waals surface area contributed by atoms with Crippen LogP contribution in [-0.4, -0.2) is 59.2 Å². The van der Waals surface area contributed by atoms with E-state index in [1.807, 2.05) is 24.3 Å². The lowest BCUT2D eigenvalue weighted by Crippen LogP contribution is -2.44. The zero-order valence-electron chi connectivity index (χ0n) is 13.6. The molecule has 2 aliphatic heterocycles. The van der Waals surface area contributed by atoms with Crippen molar-refractivity contribution in [2.24, 2.45) is 13.0 Å². The summed E-state index contributed by atoms with van der Waals surface area (Å²) in [6, 6.07) is 0. The van der Waals surface area contributed by atoms with Crippen molar-refractivity contribution in [3.05, 3.63) is 18.0 Å². The van der Waals surface area contributed by atoms with E-state index in [2.05, 4.69) is 15.7 Å². The van der Waals surface area contributed by atoms with Gasteiger partial charge in [0.2, 0.25) is 11.8 Å². The maximum absolute atomic E-state index is 12.5. The lowest BCUT2D eigenvalue weighted by Gasteiger charge is -2.27. The molecule has 2 N–H and O–H groups in total. The average Bonchev–Trinajstić information content (AvgIpc) is 3.21. The van der Waals surface area contributed by atoms with E-state index >= 15 is 0 Å². The Labute approximate surface area is 136 Å². The van der Waals surface area contributed by atoms with Crippen LogP contribution in [0.1, 0.15) is 30.7 Å². The Kier molecular flexibility index (Phi) is 4.95. The van der Waals surface area contributed by atoms with E-state index in [4.69, 9.17) is 0 Å². The summed E-state index contributed by atoms with van der Waals surface area (Å²) < 4.78 is 1.75. The van der Waals surface area contributed by atoms with Crippen LogP contribution in [-0.2, 0) is 16.6 Å². The van der Waals surface area contributed by atoms with Gasteiger partial charge in [-0.2, -0.15) is 5.10 Å². The Morgan fingerprint density at radius 3 is 2.78 bits per heavy atom. The van der Waals surface area contributed by atoms with E-state index in [0.717, 1.165) is 38.0 Å². The van der Waals surface area contributed by atoms with Gasteiger partial charge in [0, 0.05) is 45.3 Å². The van der Waals surface area contributed by atoms with Crippen molar-refractivity contribution in [2.45, 2.75) is 25.2 Å². The number of hydrogen-bond acceptors (Lipinski definition) is 4. The number of rotatable bonds is 4. The third-order valence-electron chi connectivity index (χ3n) is 4.83. The standard InChI is InChI=1S/C16H25N5O2/c1-20-11-12(7-19-20)13-8-17-9-14(13)16(23)18-10-15(22)21-5-3-2-4-6-21/h7,11,13-14,17H,2-6,8-10H2,1H3,(H,18,23)/t13-,14+/m1/s1. The monoisotopic (exact) mass is 319 g/mol. The molecule has 7 heteroatoms. The molecule has 3 heterocycles. The number of carbonyl (C=O) groups is 2. The van der Waals surface area contributed by atoms with Crippen LogP contribution in [0.2, 0.25) is 0 Å². The molecule has 3 rings (SSSR count). The normalized spacial score (nSPS) is 24.7. The fourth-order valence-electron chi connectivity index (χ4n) is 3.48. The van der Waals surface area contributed by atoms with E-state index in [9.17, 15) is 9.59 Å². The van der Waals surface area contributed by atoms with Gasteiger partial charge in [0.1, 0.15) is 0 Å². The second kappa shape index (κ2) is 7.12. The largest absolute Gasteiger partial charge is 0.347 e. The molecule has 0 spiro atoms. The lowest BCUT2D eigenvalue weighted by atomic mass is 9.90. The van der Waals surface area contributed by atoms with E-state index in [1.165, 1.54) is 6.42 Å². The summed E-state index contributed by atoms with van der Waals surface area (Å²) >= 11 is 0. The van der Waals surface area contributed by atoms with Gasteiger partial charge >= 0.3 is 0 Å². The molecule has 0 aliphatic carbocycles. The summed E-state index contributed by atoms with van der Waals surface area (Å²) in [6.45, 7) is 3.15. The molecule has 1 aromatic rings. The molecule has 2 saturated heterocycles. The fraction of sp³-hybridized carbons (Fsp3) is 0.688. The quantitative estimate of drug-likeness (QED) is 0.809. The predicted molar refractivity (Wildman–Crippen MR) is 85.7 cm³/mol. The highest BCUT2D eigenvalue weighted by molar-refractivity contribution is 5.86. The van der Waals surface area contributed by atoms with E-state index in [1.54, 1.807) is 4.68 Å². The molecule has 1 aromatic heterocycles. The molecular weight excluding hydrogens is 294 g/mol. The zero-order valence-corrected chi connectivity index (χ0v) is 13.6. The Morgan fingerprint density at radius 1 is 1.30 bits per heavy atom. The van der Waals surface area contributed by atoms with Gasteiger partial charge in [0.15, 0.2) is 0 Å². The summed E-state index contributed by atoms with van der Waals surface area (Å²) in [5, 5.41) is 10.3. The van der Waals surface area contributed by atoms with Crippen molar-refractivity contribution in [3.63, 3.8) is 0 Å². The van der Waals surface area contributed by atoms with Crippen molar-refractivity contribution < 1.29 is 9.59 Å². The molecule has 0 unspecified atom stereocenters. The third kappa shape index (κ3) is 3.72. The SMILES string of the molecule is Cn1cc([C@H]2CNC[C@@H]2C(=O)NCC(=O)N2CCCCC2)cn1. The van der Waals surface area contributed by atoms with Crippen LogP contribution in [0.3, 0.4) is 0 Å². The van der Waals surface area contributed by atoms with Crippen LogP contribution >= 0.6 is 0 Å². The van der Waals surface area contributed by atoms with Crippen LogP contribution in [0.4, 0.5) is 0 Å². The average molecular weight is 319 g/mol.